The minimum absolute atomic E-state index is 0.0642. The van der Waals surface area contributed by atoms with E-state index in [1.165, 1.54) is 6.42 Å². The monoisotopic (exact) mass is 416 g/mol. The average Bonchev–Trinajstić information content (AvgIpc) is 2.96. The molecule has 2 bridgehead atoms. The first-order valence-electron chi connectivity index (χ1n) is 11.2. The van der Waals surface area contributed by atoms with Gasteiger partial charge in [0.1, 0.15) is 0 Å². The van der Waals surface area contributed by atoms with Crippen LogP contribution in [0, 0.1) is 23.7 Å². The van der Waals surface area contributed by atoms with Gasteiger partial charge in [0.2, 0.25) is 5.79 Å². The zero-order valence-electron chi connectivity index (χ0n) is 18.3. The number of carbonyl (C=O) groups excluding carboxylic acids is 1. The Morgan fingerprint density at radius 1 is 1.10 bits per heavy atom. The molecule has 5 fully saturated rings. The van der Waals surface area contributed by atoms with Crippen molar-refractivity contribution in [3.63, 3.8) is 0 Å². The van der Waals surface area contributed by atoms with Crippen molar-refractivity contribution in [2.75, 3.05) is 0 Å². The van der Waals surface area contributed by atoms with Crippen molar-refractivity contribution < 1.29 is 28.8 Å². The Morgan fingerprint density at radius 2 is 1.87 bits per heavy atom. The Morgan fingerprint density at radius 3 is 2.60 bits per heavy atom. The van der Waals surface area contributed by atoms with Crippen molar-refractivity contribution in [3.8, 4) is 0 Å². The summed E-state index contributed by atoms with van der Waals surface area (Å²) in [7, 11) is 0. The van der Waals surface area contributed by atoms with Crippen LogP contribution >= 0.6 is 0 Å². The number of ketones is 1. The highest BCUT2D eigenvalue weighted by Crippen LogP contribution is 2.60. The van der Waals surface area contributed by atoms with E-state index >= 15 is 0 Å². The molecule has 1 spiro atoms. The fourth-order valence-corrected chi connectivity index (χ4v) is 6.08. The first kappa shape index (κ1) is 20.6. The molecule has 6 nitrogen and oxygen atoms in total. The van der Waals surface area contributed by atoms with Crippen LogP contribution < -0.4 is 0 Å². The molecule has 1 saturated carbocycles. The third kappa shape index (κ3) is 3.16. The Kier molecular flexibility index (Phi) is 5.07. The van der Waals surface area contributed by atoms with Gasteiger partial charge in [0.15, 0.2) is 24.0 Å². The van der Waals surface area contributed by atoms with E-state index in [-0.39, 0.29) is 23.9 Å². The molecule has 4 aliphatic heterocycles. The number of hydrogen-bond donors (Lipinski definition) is 0. The lowest BCUT2D eigenvalue weighted by Gasteiger charge is -2.60. The first-order valence-corrected chi connectivity index (χ1v) is 11.2. The van der Waals surface area contributed by atoms with E-state index in [4.69, 9.17) is 24.0 Å². The maximum Gasteiger partial charge on any atom is 0.201 e. The molecule has 1 aromatic carbocycles. The SMILES string of the molecule is CC(=O)c1ccc(COC2O[C@@H]3O[C@]4(C)CC[C@H]5[C@H](C)CC[C@@H]([C@H]2C)[C@@]35OO4)cc1. The van der Waals surface area contributed by atoms with Crippen LogP contribution in [0.25, 0.3) is 0 Å². The second-order valence-electron chi connectivity index (χ2n) is 9.84. The van der Waals surface area contributed by atoms with Crippen LogP contribution in [0.4, 0.5) is 0 Å². The second kappa shape index (κ2) is 7.38. The lowest BCUT2D eigenvalue weighted by Crippen LogP contribution is -2.70. The van der Waals surface area contributed by atoms with Crippen LogP contribution in [0.5, 0.6) is 0 Å². The van der Waals surface area contributed by atoms with Gasteiger partial charge in [0.05, 0.1) is 6.61 Å². The lowest BCUT2D eigenvalue weighted by molar-refractivity contribution is -0.577. The molecule has 1 aromatic rings. The minimum Gasteiger partial charge on any atom is -0.348 e. The van der Waals surface area contributed by atoms with E-state index in [1.807, 2.05) is 31.2 Å². The summed E-state index contributed by atoms with van der Waals surface area (Å²) in [6, 6.07) is 7.56. The topological polar surface area (TPSA) is 63.2 Å². The normalized spacial score (nSPS) is 44.9. The lowest BCUT2D eigenvalue weighted by atomic mass is 9.58. The van der Waals surface area contributed by atoms with Crippen LogP contribution in [-0.4, -0.2) is 29.8 Å². The number of hydrogen-bond acceptors (Lipinski definition) is 6. The molecule has 0 aromatic heterocycles. The van der Waals surface area contributed by atoms with E-state index in [0.717, 1.165) is 24.8 Å². The molecule has 4 saturated heterocycles. The van der Waals surface area contributed by atoms with E-state index in [0.29, 0.717) is 24.0 Å². The highest BCUT2D eigenvalue weighted by Gasteiger charge is 2.69. The predicted octanol–water partition coefficient (Wildman–Crippen LogP) is 4.61. The molecule has 4 heterocycles. The fraction of sp³-hybridized carbons (Fsp3) is 0.708. The van der Waals surface area contributed by atoms with Crippen molar-refractivity contribution in [2.24, 2.45) is 23.7 Å². The molecule has 30 heavy (non-hydrogen) atoms. The summed E-state index contributed by atoms with van der Waals surface area (Å²) in [6.07, 6.45) is 3.19. The fourth-order valence-electron chi connectivity index (χ4n) is 6.08. The smallest absolute Gasteiger partial charge is 0.201 e. The summed E-state index contributed by atoms with van der Waals surface area (Å²) in [5.41, 5.74) is 1.16. The summed E-state index contributed by atoms with van der Waals surface area (Å²) in [5, 5.41) is 0. The summed E-state index contributed by atoms with van der Waals surface area (Å²) >= 11 is 0. The summed E-state index contributed by atoms with van der Waals surface area (Å²) in [6.45, 7) is 8.44. The van der Waals surface area contributed by atoms with Crippen LogP contribution in [-0.2, 0) is 30.6 Å². The largest absolute Gasteiger partial charge is 0.348 e. The number of ether oxygens (including phenoxy) is 3. The maximum atomic E-state index is 11.5. The number of Topliss-reactive ketones (excluding diaryl/α,β-unsaturated/α-hetero) is 1. The number of rotatable bonds is 4. The molecule has 1 aliphatic carbocycles. The molecule has 164 valence electrons. The molecule has 1 unspecified atom stereocenters. The number of carbonyl (C=O) groups is 1. The van der Waals surface area contributed by atoms with Crippen molar-refractivity contribution in [2.45, 2.75) is 84.0 Å². The van der Waals surface area contributed by atoms with Crippen molar-refractivity contribution in [1.29, 1.82) is 0 Å². The zero-order chi connectivity index (χ0) is 21.1. The van der Waals surface area contributed by atoms with Gasteiger partial charge in [-0.15, -0.1) is 0 Å². The molecule has 0 N–H and O–H groups in total. The molecule has 8 atom stereocenters. The highest BCUT2D eigenvalue weighted by atomic mass is 17.3. The van der Waals surface area contributed by atoms with Crippen LogP contribution in [0.3, 0.4) is 0 Å². The summed E-state index contributed by atoms with van der Waals surface area (Å²) in [5.74, 6) is 0.602. The average molecular weight is 417 g/mol. The Labute approximate surface area is 178 Å². The van der Waals surface area contributed by atoms with Gasteiger partial charge < -0.3 is 14.2 Å². The summed E-state index contributed by atoms with van der Waals surface area (Å²) < 4.78 is 19.0. The van der Waals surface area contributed by atoms with E-state index < -0.39 is 17.7 Å². The van der Waals surface area contributed by atoms with Gasteiger partial charge in [0, 0.05) is 23.8 Å². The van der Waals surface area contributed by atoms with Crippen molar-refractivity contribution in [1.82, 2.24) is 0 Å². The van der Waals surface area contributed by atoms with Crippen LogP contribution in [0.2, 0.25) is 0 Å². The molecule has 0 amide bonds. The van der Waals surface area contributed by atoms with Gasteiger partial charge in [0.25, 0.3) is 0 Å². The second-order valence-corrected chi connectivity index (χ2v) is 9.84. The minimum atomic E-state index is -0.773. The van der Waals surface area contributed by atoms with E-state index in [9.17, 15) is 4.79 Å². The van der Waals surface area contributed by atoms with Crippen LogP contribution in [0.15, 0.2) is 24.3 Å². The molecule has 6 rings (SSSR count). The number of benzene rings is 1. The van der Waals surface area contributed by atoms with Gasteiger partial charge in [-0.25, -0.2) is 9.78 Å². The number of fused-ring (bicyclic) bond motifs is 2. The van der Waals surface area contributed by atoms with Crippen molar-refractivity contribution in [3.05, 3.63) is 35.4 Å². The standard InChI is InChI=1S/C24H32O6/c1-14-5-10-20-15(2)21(26-13-17-6-8-18(9-7-17)16(3)25)27-22-24(20)19(14)11-12-23(4,28-22)29-30-24/h6-9,14-15,19-22H,5,10-13H2,1-4H3/t14-,15-,19+,20+,21?,22-,23+,24-/m1/s1. The maximum absolute atomic E-state index is 11.5. The molecular weight excluding hydrogens is 384 g/mol. The molecule has 5 aliphatic rings. The van der Waals surface area contributed by atoms with Gasteiger partial charge in [-0.3, -0.25) is 4.79 Å². The Hall–Kier alpha value is -1.31. The van der Waals surface area contributed by atoms with Gasteiger partial charge in [-0.1, -0.05) is 38.1 Å². The van der Waals surface area contributed by atoms with Crippen LogP contribution in [0.1, 0.15) is 69.3 Å². The quantitative estimate of drug-likeness (QED) is 0.527. The Bertz CT molecular complexity index is 808. The first-order chi connectivity index (χ1) is 14.3. The zero-order valence-corrected chi connectivity index (χ0v) is 18.3. The van der Waals surface area contributed by atoms with Gasteiger partial charge in [-0.2, -0.15) is 0 Å². The van der Waals surface area contributed by atoms with Gasteiger partial charge >= 0.3 is 0 Å². The Balaban J connectivity index is 1.37. The van der Waals surface area contributed by atoms with E-state index in [1.54, 1.807) is 6.92 Å². The molecule has 0 radical (unpaired) electrons. The van der Waals surface area contributed by atoms with E-state index in [2.05, 4.69) is 13.8 Å². The third-order valence-electron chi connectivity index (χ3n) is 7.87. The third-order valence-corrected chi connectivity index (χ3v) is 7.87. The molecule has 6 heteroatoms. The van der Waals surface area contributed by atoms with Crippen molar-refractivity contribution >= 4 is 5.78 Å². The predicted molar refractivity (Wildman–Crippen MR) is 108 cm³/mol. The summed E-state index contributed by atoms with van der Waals surface area (Å²) in [4.78, 5) is 23.5. The highest BCUT2D eigenvalue weighted by molar-refractivity contribution is 5.93. The van der Waals surface area contributed by atoms with Gasteiger partial charge in [-0.05, 0) is 50.5 Å². The molecular formula is C24H32O6.